The molecular formula is C15H11N4NaO5. The van der Waals surface area contributed by atoms with E-state index in [4.69, 9.17) is 14.6 Å². The predicted molar refractivity (Wildman–Crippen MR) is 78.3 cm³/mol. The minimum Gasteiger partial charge on any atom is -0.629 e. The molecule has 4 rings (SSSR count). The first-order valence-corrected chi connectivity index (χ1v) is 7.15. The maximum Gasteiger partial charge on any atom is 1.00 e. The number of fused-ring (bicyclic) bond motifs is 2. The van der Waals surface area contributed by atoms with Crippen LogP contribution < -0.4 is 54.9 Å². The molecular weight excluding hydrogens is 339 g/mol. The maximum atomic E-state index is 12.0. The first-order chi connectivity index (χ1) is 11.6. The van der Waals surface area contributed by atoms with Crippen molar-refractivity contribution in [3.63, 3.8) is 0 Å². The molecule has 0 spiro atoms. The summed E-state index contributed by atoms with van der Waals surface area (Å²) in [5.74, 6) is 0.577. The Kier molecular flexibility index (Phi) is 4.80. The van der Waals surface area contributed by atoms with E-state index in [0.717, 1.165) is 16.3 Å². The number of nitrogens with zero attached hydrogens (tertiary/aromatic N) is 4. The fraction of sp³-hybridized carbons (Fsp3) is 0.200. The maximum absolute atomic E-state index is 12.0. The number of benzene rings is 1. The van der Waals surface area contributed by atoms with Crippen LogP contribution in [0.4, 0.5) is 0 Å². The van der Waals surface area contributed by atoms with Gasteiger partial charge in [0, 0.05) is 12.6 Å². The molecule has 0 aliphatic carbocycles. The molecule has 25 heavy (non-hydrogen) atoms. The molecule has 0 fully saturated rings. The van der Waals surface area contributed by atoms with Crippen LogP contribution in [0.1, 0.15) is 11.4 Å². The summed E-state index contributed by atoms with van der Waals surface area (Å²) in [7, 11) is 0. The van der Waals surface area contributed by atoms with Crippen LogP contribution in [0.2, 0.25) is 0 Å². The van der Waals surface area contributed by atoms with Gasteiger partial charge in [-0.05, 0) is 24.1 Å². The van der Waals surface area contributed by atoms with E-state index in [1.54, 1.807) is 0 Å². The van der Waals surface area contributed by atoms with Crippen molar-refractivity contribution >= 4 is 11.7 Å². The van der Waals surface area contributed by atoms with E-state index >= 15 is 0 Å². The number of hydrogen-bond donors (Lipinski definition) is 1. The van der Waals surface area contributed by atoms with Gasteiger partial charge in [0.1, 0.15) is 0 Å². The Balaban J connectivity index is 0.00000182. The Morgan fingerprint density at radius 3 is 2.88 bits per heavy atom. The van der Waals surface area contributed by atoms with Crippen molar-refractivity contribution in [3.8, 4) is 11.5 Å². The summed E-state index contributed by atoms with van der Waals surface area (Å²) in [6, 6.07) is 5.65. The molecule has 2 aromatic heterocycles. The Bertz CT molecular complexity index is 1050. The van der Waals surface area contributed by atoms with Crippen LogP contribution in [0.25, 0.3) is 11.7 Å². The summed E-state index contributed by atoms with van der Waals surface area (Å²) in [5, 5.41) is 23.5. The second-order valence-corrected chi connectivity index (χ2v) is 5.21. The van der Waals surface area contributed by atoms with Crippen LogP contribution in [0.5, 0.6) is 11.5 Å². The number of ether oxygens (including phenoxy) is 2. The van der Waals surface area contributed by atoms with Gasteiger partial charge in [0.15, 0.2) is 17.3 Å². The van der Waals surface area contributed by atoms with E-state index in [1.165, 1.54) is 0 Å². The van der Waals surface area contributed by atoms with Crippen molar-refractivity contribution in [2.75, 3.05) is 6.79 Å². The quantitative estimate of drug-likeness (QED) is 0.471. The van der Waals surface area contributed by atoms with E-state index in [9.17, 15) is 9.90 Å². The molecule has 0 bridgehead atoms. The molecule has 0 saturated carbocycles. The molecule has 0 radical (unpaired) electrons. The van der Waals surface area contributed by atoms with Crippen molar-refractivity contribution in [1.29, 1.82) is 0 Å². The molecule has 9 nitrogen and oxygen atoms in total. The van der Waals surface area contributed by atoms with Gasteiger partial charge in [-0.3, -0.25) is 4.79 Å². The third kappa shape index (κ3) is 3.26. The molecule has 1 aromatic carbocycles. The van der Waals surface area contributed by atoms with Gasteiger partial charge >= 0.3 is 29.6 Å². The smallest absolute Gasteiger partial charge is 0.629 e. The first-order valence-electron chi connectivity index (χ1n) is 7.15. The van der Waals surface area contributed by atoms with Gasteiger partial charge in [0.25, 0.3) is 11.3 Å². The zero-order valence-corrected chi connectivity index (χ0v) is 15.3. The summed E-state index contributed by atoms with van der Waals surface area (Å²) < 4.78 is 11.5. The van der Waals surface area contributed by atoms with Gasteiger partial charge in [-0.2, -0.15) is 9.50 Å². The third-order valence-electron chi connectivity index (χ3n) is 3.67. The van der Waals surface area contributed by atoms with Crippen molar-refractivity contribution in [2.24, 2.45) is 0 Å². The molecule has 122 valence electrons. The molecule has 3 aromatic rings. The Labute approximate surface area is 162 Å². The van der Waals surface area contributed by atoms with Crippen LogP contribution in [0, 0.1) is 0 Å². The Morgan fingerprint density at radius 1 is 1.28 bits per heavy atom. The fourth-order valence-corrected chi connectivity index (χ4v) is 2.46. The zero-order chi connectivity index (χ0) is 16.7. The zero-order valence-electron chi connectivity index (χ0n) is 13.3. The number of hydrogen-bond acceptors (Lipinski definition) is 8. The van der Waals surface area contributed by atoms with E-state index in [2.05, 4.69) is 15.1 Å². The van der Waals surface area contributed by atoms with Gasteiger partial charge < -0.3 is 19.7 Å². The number of aromatic nitrogens is 4. The minimum atomic E-state index is -1.34. The molecule has 0 atom stereocenters. The summed E-state index contributed by atoms with van der Waals surface area (Å²) in [6.07, 6.45) is 2.11. The van der Waals surface area contributed by atoms with Gasteiger partial charge in [-0.25, -0.2) is 4.98 Å². The Hall–Kier alpha value is -2.36. The van der Waals surface area contributed by atoms with Gasteiger partial charge in [-0.1, -0.05) is 6.07 Å². The standard InChI is InChI=1S/C15H12N4O5.Na/c20-13-9(14(21)22)6-16-15-17-12(18-19(13)15)4-2-8-1-3-10-11(5-8)24-7-23-10;/h1,3,5-6,21-22H,2,4,7H2;/q;+1/p-1. The SMILES string of the molecule is O=c1c(=C([O-])O)cnc2nc(CCc3ccc4c(c3)OCO4)nn12.[Na+]. The van der Waals surface area contributed by atoms with Crippen LogP contribution >= 0.6 is 0 Å². The van der Waals surface area contributed by atoms with Crippen molar-refractivity contribution in [3.05, 3.63) is 51.4 Å². The van der Waals surface area contributed by atoms with E-state index in [-0.39, 0.29) is 42.1 Å². The molecule has 1 aliphatic heterocycles. The average Bonchev–Trinajstić information content (AvgIpc) is 3.19. The predicted octanol–water partition coefficient (Wildman–Crippen LogP) is -4.29. The topological polar surface area (TPSA) is 122 Å². The van der Waals surface area contributed by atoms with Crippen LogP contribution in [0.3, 0.4) is 0 Å². The van der Waals surface area contributed by atoms with E-state index in [1.807, 2.05) is 18.2 Å². The first kappa shape index (κ1) is 17.5. The number of aliphatic hydroxyl groups is 1. The molecule has 3 heterocycles. The average molecular weight is 350 g/mol. The van der Waals surface area contributed by atoms with E-state index in [0.29, 0.717) is 30.2 Å². The van der Waals surface area contributed by atoms with E-state index < -0.39 is 16.7 Å². The van der Waals surface area contributed by atoms with Crippen LogP contribution in [0.15, 0.2) is 29.2 Å². The summed E-state index contributed by atoms with van der Waals surface area (Å²) >= 11 is 0. The summed E-state index contributed by atoms with van der Waals surface area (Å²) in [6.45, 7) is 0.219. The largest absolute Gasteiger partial charge is 1.00 e. The van der Waals surface area contributed by atoms with Crippen molar-refractivity contribution in [2.45, 2.75) is 12.8 Å². The van der Waals surface area contributed by atoms with Crippen molar-refractivity contribution in [1.82, 2.24) is 19.6 Å². The van der Waals surface area contributed by atoms with Gasteiger partial charge in [0.05, 0.1) is 11.2 Å². The van der Waals surface area contributed by atoms with Crippen LogP contribution in [-0.2, 0) is 12.8 Å². The summed E-state index contributed by atoms with van der Waals surface area (Å²) in [4.78, 5) is 20.0. The molecule has 1 N–H and O–H groups in total. The van der Waals surface area contributed by atoms with Gasteiger partial charge in [0.2, 0.25) is 6.79 Å². The third-order valence-corrected chi connectivity index (χ3v) is 3.67. The molecule has 0 saturated heterocycles. The monoisotopic (exact) mass is 350 g/mol. The molecule has 1 aliphatic rings. The van der Waals surface area contributed by atoms with Crippen molar-refractivity contribution < 1.29 is 49.2 Å². The normalized spacial score (nSPS) is 13.6. The number of aliphatic hydroxyl groups excluding tert-OH is 1. The van der Waals surface area contributed by atoms with Crippen LogP contribution in [-0.4, -0.2) is 31.5 Å². The van der Waals surface area contributed by atoms with Gasteiger partial charge in [-0.15, -0.1) is 5.10 Å². The Morgan fingerprint density at radius 2 is 2.08 bits per heavy atom. The minimum absolute atomic E-state index is 0. The summed E-state index contributed by atoms with van der Waals surface area (Å²) in [5.41, 5.74) is 0.272. The number of rotatable bonds is 3. The fourth-order valence-electron chi connectivity index (χ4n) is 2.46. The number of aryl methyl sites for hydroxylation is 2. The second kappa shape index (κ2) is 6.87. The molecule has 0 unspecified atom stereocenters. The molecule has 0 amide bonds. The second-order valence-electron chi connectivity index (χ2n) is 5.21. The molecule has 10 heteroatoms.